The van der Waals surface area contributed by atoms with Gasteiger partial charge < -0.3 is 31.9 Å². The van der Waals surface area contributed by atoms with Crippen molar-refractivity contribution in [3.63, 3.8) is 0 Å². The minimum Gasteiger partial charge on any atom is -0.401 e. The van der Waals surface area contributed by atoms with Crippen LogP contribution < -0.4 is 27.7 Å². The van der Waals surface area contributed by atoms with E-state index in [1.54, 1.807) is 22.3 Å². The number of nitrogens with zero attached hydrogens (tertiary/aromatic N) is 5. The lowest BCUT2D eigenvalue weighted by Gasteiger charge is -2.34. The highest BCUT2D eigenvalue weighted by Gasteiger charge is 2.46. The van der Waals surface area contributed by atoms with E-state index in [2.05, 4.69) is 81.3 Å². The number of nitrogens with one attached hydrogen (secondary N) is 2. The molecule has 5 aromatic rings. The van der Waals surface area contributed by atoms with E-state index in [1.165, 1.54) is 125 Å². The number of carbonyl (C=O) groups is 2. The number of benzene rings is 3. The number of hydrogen-bond donors (Lipinski definition) is 4. The fourth-order valence-electron chi connectivity index (χ4n) is 12.7. The summed E-state index contributed by atoms with van der Waals surface area (Å²) in [7, 11) is 3.71. The molecule has 5 fully saturated rings. The molecule has 74 heavy (non-hydrogen) atoms. The molecule has 398 valence electrons. The average molecular weight is 1040 g/mol. The van der Waals surface area contributed by atoms with Crippen molar-refractivity contribution >= 4 is 46.2 Å². The third-order valence-electron chi connectivity index (χ3n) is 17.1. The van der Waals surface area contributed by atoms with Crippen LogP contribution in [0.4, 0.5) is 0 Å². The van der Waals surface area contributed by atoms with Gasteiger partial charge in [-0.3, -0.25) is 19.0 Å². The summed E-state index contributed by atoms with van der Waals surface area (Å²) in [5.74, 6) is 2.95. The number of nitrogens with two attached hydrogens (primary N) is 2. The Morgan fingerprint density at radius 3 is 2.24 bits per heavy atom. The Labute approximate surface area is 449 Å². The topological polar surface area (TPSA) is 164 Å². The summed E-state index contributed by atoms with van der Waals surface area (Å²) in [6.45, 7) is 7.76. The zero-order valence-corrected chi connectivity index (χ0v) is 46.1. The summed E-state index contributed by atoms with van der Waals surface area (Å²) in [5.41, 5.74) is 21.4. The predicted molar refractivity (Wildman–Crippen MR) is 304 cm³/mol. The Morgan fingerprint density at radius 2 is 1.57 bits per heavy atom. The lowest BCUT2D eigenvalue weighted by atomic mass is 9.69. The highest BCUT2D eigenvalue weighted by molar-refractivity contribution is 7.13. The van der Waals surface area contributed by atoms with Gasteiger partial charge in [0.2, 0.25) is 12.3 Å². The van der Waals surface area contributed by atoms with Crippen LogP contribution in [0.5, 0.6) is 0 Å². The molecule has 11 rings (SSSR count). The summed E-state index contributed by atoms with van der Waals surface area (Å²) in [6.07, 6.45) is 26.4. The first-order chi connectivity index (χ1) is 36.0. The Morgan fingerprint density at radius 1 is 0.878 bits per heavy atom. The maximum Gasteiger partial charge on any atom is 0.282 e. The zero-order valence-electron chi connectivity index (χ0n) is 44.6. The second-order valence-electron chi connectivity index (χ2n) is 21.7. The van der Waals surface area contributed by atoms with E-state index in [-0.39, 0.29) is 22.9 Å². The Hall–Kier alpha value is -5.08. The van der Waals surface area contributed by atoms with Crippen LogP contribution in [0, 0.1) is 18.8 Å². The third kappa shape index (κ3) is 12.6. The average Bonchev–Trinajstić information content (AvgIpc) is 4.19. The molecule has 2 amide bonds. The van der Waals surface area contributed by atoms with Crippen LogP contribution in [-0.4, -0.2) is 82.5 Å². The van der Waals surface area contributed by atoms with Gasteiger partial charge in [-0.15, -0.1) is 11.3 Å². The number of amides is 2. The second kappa shape index (κ2) is 26.1. The minimum atomic E-state index is -0.313. The molecule has 6 aliphatic rings. The number of fused-ring (bicyclic) bond motifs is 7. The fourth-order valence-corrected chi connectivity index (χ4v) is 13.8. The molecule has 2 saturated heterocycles. The van der Waals surface area contributed by atoms with Crippen LogP contribution in [0.1, 0.15) is 163 Å². The van der Waals surface area contributed by atoms with Gasteiger partial charge >= 0.3 is 0 Å². The largest absolute Gasteiger partial charge is 0.401 e. The van der Waals surface area contributed by atoms with E-state index in [1.807, 2.05) is 36.7 Å². The van der Waals surface area contributed by atoms with Gasteiger partial charge in [0.1, 0.15) is 11.9 Å². The first-order valence-electron chi connectivity index (χ1n) is 27.9. The number of piperidine rings is 1. The van der Waals surface area contributed by atoms with Crippen molar-refractivity contribution in [1.29, 1.82) is 0 Å². The first kappa shape index (κ1) is 55.2. The summed E-state index contributed by atoms with van der Waals surface area (Å²) >= 11 is 8.10. The van der Waals surface area contributed by atoms with Crippen molar-refractivity contribution in [3.8, 4) is 16.1 Å². The molecule has 2 unspecified atom stereocenters. The lowest BCUT2D eigenvalue weighted by molar-refractivity contribution is -0.131. The van der Waals surface area contributed by atoms with E-state index >= 15 is 0 Å². The normalized spacial score (nSPS) is 20.5. The van der Waals surface area contributed by atoms with Crippen LogP contribution in [0.3, 0.4) is 0 Å². The molecule has 14 heteroatoms. The molecule has 3 aliphatic heterocycles. The predicted octanol–water partition coefficient (Wildman–Crippen LogP) is 11.3. The number of aryl methyl sites for hydroxylation is 1. The molecule has 1 spiro atoms. The van der Waals surface area contributed by atoms with Crippen molar-refractivity contribution in [2.45, 2.75) is 166 Å². The molecule has 0 radical (unpaired) electrons. The van der Waals surface area contributed by atoms with Crippen molar-refractivity contribution in [1.82, 2.24) is 35.0 Å². The molecule has 3 saturated carbocycles. The van der Waals surface area contributed by atoms with Crippen molar-refractivity contribution in [2.75, 3.05) is 33.7 Å². The molecule has 3 aliphatic carbocycles. The maximum absolute atomic E-state index is 13.1. The smallest absolute Gasteiger partial charge is 0.282 e. The van der Waals surface area contributed by atoms with Gasteiger partial charge in [0.25, 0.3) is 5.56 Å². The number of carbonyl (C=O) groups excluding carboxylic acids is 2. The standard InChI is InChI=1S/C26H28ClN3O.C17H19N3O2S.C16H30N2.CH5N/c1-29-14-10-17(11-15-29)18-8-9-19-22(16-18)30-21-7-5-6-20(27)23(21)24(31)28-25(30)26(19)12-3-2-4-13-26;1-12-16(23-10-19-12)14-6-4-13(5-7-14)9-18-17(22)15-3-2-8-20(15)11-21;1-13(14-8-4-2-5-9-14)18-12-16(17)15-10-6-3-7-11-15;1-2/h5-9,16-17H,2-4,10-15H2,1H3;4-7,10-11,15H,2-3,8-9H2,1H3,(H,18,22);12-15,18H,2-11,17H2,1H3;2H2,1H3/b;;16-12-;. The molecule has 2 atom stereocenters. The van der Waals surface area contributed by atoms with E-state index in [0.717, 1.165) is 85.0 Å². The van der Waals surface area contributed by atoms with Crippen LogP contribution in [0.15, 0.2) is 82.9 Å². The van der Waals surface area contributed by atoms with Gasteiger partial charge in [-0.25, -0.2) is 4.98 Å². The van der Waals surface area contributed by atoms with Crippen LogP contribution in [-0.2, 0) is 21.5 Å². The summed E-state index contributed by atoms with van der Waals surface area (Å²) in [6, 6.07) is 21.3. The number of hydrogen-bond acceptors (Lipinski definition) is 10. The third-order valence-corrected chi connectivity index (χ3v) is 18.4. The number of thiazole rings is 1. The quantitative estimate of drug-likeness (QED) is 0.0997. The minimum absolute atomic E-state index is 0.0722. The Balaban J connectivity index is 0.000000151. The molecule has 5 heterocycles. The summed E-state index contributed by atoms with van der Waals surface area (Å²) in [4.78, 5) is 50.3. The lowest BCUT2D eigenvalue weighted by Crippen LogP contribution is -2.42. The first-order valence-corrected chi connectivity index (χ1v) is 29.1. The van der Waals surface area contributed by atoms with Crippen LogP contribution >= 0.6 is 22.9 Å². The van der Waals surface area contributed by atoms with E-state index in [4.69, 9.17) is 22.3 Å². The number of likely N-dealkylation sites (tertiary alicyclic amines) is 2. The van der Waals surface area contributed by atoms with Gasteiger partial charge in [0.15, 0.2) is 0 Å². The SMILES string of the molecule is CC(N/C=C(\N)C1CCCCC1)C1CCCCC1.CN.CN1CCC(c2ccc3c(c2)-n2c(nc(=O)c4c(Cl)cccc42)C32CCCCC2)CC1.Cc1ncsc1-c1ccc(CNC(=O)C2CCCN2C=O)cc1. The molecule has 3 aromatic carbocycles. The molecule has 2 aromatic heterocycles. The van der Waals surface area contributed by atoms with E-state index in [9.17, 15) is 14.4 Å². The zero-order chi connectivity index (χ0) is 52.2. The van der Waals surface area contributed by atoms with Gasteiger partial charge in [-0.05, 0) is 163 Å². The van der Waals surface area contributed by atoms with E-state index < -0.39 is 0 Å². The van der Waals surface area contributed by atoms with Crippen molar-refractivity contribution < 1.29 is 9.59 Å². The van der Waals surface area contributed by atoms with Crippen LogP contribution in [0.2, 0.25) is 5.02 Å². The van der Waals surface area contributed by atoms with E-state index in [0.29, 0.717) is 41.4 Å². The van der Waals surface area contributed by atoms with Gasteiger partial charge in [-0.2, -0.15) is 4.98 Å². The number of aromatic nitrogens is 3. The Kier molecular flexibility index (Phi) is 19.5. The van der Waals surface area contributed by atoms with Crippen molar-refractivity contribution in [3.05, 3.63) is 122 Å². The second-order valence-corrected chi connectivity index (χ2v) is 23.0. The maximum atomic E-state index is 13.1. The van der Waals surface area contributed by atoms with Gasteiger partial charge in [-0.1, -0.05) is 112 Å². The van der Waals surface area contributed by atoms with Gasteiger partial charge in [0.05, 0.1) is 43.1 Å². The van der Waals surface area contributed by atoms with Gasteiger partial charge in [0, 0.05) is 31.0 Å². The highest BCUT2D eigenvalue weighted by atomic mass is 35.5. The highest BCUT2D eigenvalue weighted by Crippen LogP contribution is 2.52. The fraction of sp³-hybridized carbons (Fsp3) is 0.550. The molecule has 12 nitrogen and oxygen atoms in total. The number of halogens is 1. The number of rotatable bonds is 10. The molecular formula is C60H82ClN9O3S. The summed E-state index contributed by atoms with van der Waals surface area (Å²) < 4.78 is 2.27. The van der Waals surface area contributed by atoms with Crippen molar-refractivity contribution in [2.24, 2.45) is 23.3 Å². The Bertz CT molecular complexity index is 2730. The molecule has 6 N–H and O–H groups in total. The molecule has 0 bridgehead atoms. The summed E-state index contributed by atoms with van der Waals surface area (Å²) in [5, 5.41) is 7.51. The van der Waals surface area contributed by atoms with Crippen LogP contribution in [0.25, 0.3) is 27.0 Å². The number of allylic oxidation sites excluding steroid dienone is 1. The molecular weight excluding hydrogens is 962 g/mol. The monoisotopic (exact) mass is 1040 g/mol.